The zero-order chi connectivity index (χ0) is 11.5. The van der Waals surface area contributed by atoms with Gasteiger partial charge in [0.1, 0.15) is 16.8 Å². The van der Waals surface area contributed by atoms with Crippen molar-refractivity contribution in [1.29, 1.82) is 0 Å². The van der Waals surface area contributed by atoms with Crippen molar-refractivity contribution in [3.63, 3.8) is 0 Å². The Morgan fingerprint density at radius 1 is 1.38 bits per heavy atom. The molecule has 1 fully saturated rings. The first-order valence-corrected chi connectivity index (χ1v) is 6.41. The Hall–Kier alpha value is -0.830. The van der Waals surface area contributed by atoms with E-state index in [1.807, 2.05) is 6.07 Å². The van der Waals surface area contributed by atoms with Crippen LogP contribution in [0.3, 0.4) is 0 Å². The molecule has 0 saturated heterocycles. The normalized spacial score (nSPS) is 15.2. The molecule has 1 heterocycles. The van der Waals surface area contributed by atoms with Crippen LogP contribution in [-0.4, -0.2) is 23.1 Å². The van der Waals surface area contributed by atoms with E-state index in [2.05, 4.69) is 28.7 Å². The molecule has 88 valence electrons. The van der Waals surface area contributed by atoms with Crippen LogP contribution in [0.2, 0.25) is 5.15 Å². The van der Waals surface area contributed by atoms with Gasteiger partial charge in [-0.15, -0.1) is 0 Å². The first-order chi connectivity index (χ1) is 7.74. The van der Waals surface area contributed by atoms with E-state index >= 15 is 0 Å². The van der Waals surface area contributed by atoms with Crippen LogP contribution in [0.5, 0.6) is 0 Å². The molecule has 1 aromatic rings. The Labute approximate surface area is 102 Å². The average molecular weight is 240 g/mol. The maximum atomic E-state index is 6.05. The molecular formula is C12H18ClN3. The van der Waals surface area contributed by atoms with Gasteiger partial charge >= 0.3 is 0 Å². The standard InChI is InChI=1S/C12H18ClN3/c1-3-7-16(4-2)11-8-10(13)14-12(15-11)9-5-6-9/h8-9H,3-7H2,1-2H3. The van der Waals surface area contributed by atoms with Crippen molar-refractivity contribution in [3.05, 3.63) is 17.0 Å². The van der Waals surface area contributed by atoms with E-state index in [-0.39, 0.29) is 0 Å². The summed E-state index contributed by atoms with van der Waals surface area (Å²) in [5, 5.41) is 0.571. The molecule has 0 radical (unpaired) electrons. The van der Waals surface area contributed by atoms with Crippen LogP contribution in [0.1, 0.15) is 44.9 Å². The van der Waals surface area contributed by atoms with Crippen LogP contribution in [0.4, 0.5) is 5.82 Å². The second kappa shape index (κ2) is 5.00. The second-order valence-corrected chi connectivity index (χ2v) is 4.65. The zero-order valence-corrected chi connectivity index (χ0v) is 10.7. The number of aromatic nitrogens is 2. The molecule has 16 heavy (non-hydrogen) atoms. The quantitative estimate of drug-likeness (QED) is 0.739. The number of hydrogen-bond donors (Lipinski definition) is 0. The maximum absolute atomic E-state index is 6.05. The second-order valence-electron chi connectivity index (χ2n) is 4.26. The molecule has 0 bridgehead atoms. The predicted molar refractivity (Wildman–Crippen MR) is 67.2 cm³/mol. The largest absolute Gasteiger partial charge is 0.357 e. The van der Waals surface area contributed by atoms with Crippen LogP contribution in [0.15, 0.2) is 6.07 Å². The first-order valence-electron chi connectivity index (χ1n) is 6.04. The monoisotopic (exact) mass is 239 g/mol. The van der Waals surface area contributed by atoms with E-state index in [1.165, 1.54) is 12.8 Å². The minimum atomic E-state index is 0.554. The van der Waals surface area contributed by atoms with E-state index in [4.69, 9.17) is 11.6 Å². The average Bonchev–Trinajstić information content (AvgIpc) is 3.08. The van der Waals surface area contributed by atoms with Crippen LogP contribution in [0.25, 0.3) is 0 Å². The number of anilines is 1. The van der Waals surface area contributed by atoms with Gasteiger partial charge < -0.3 is 4.90 Å². The summed E-state index contributed by atoms with van der Waals surface area (Å²) in [7, 11) is 0. The molecule has 0 spiro atoms. The van der Waals surface area contributed by atoms with Crippen LogP contribution >= 0.6 is 11.6 Å². The lowest BCUT2D eigenvalue weighted by atomic mass is 10.3. The minimum absolute atomic E-state index is 0.554. The molecule has 0 aliphatic heterocycles. The fourth-order valence-electron chi connectivity index (χ4n) is 1.81. The summed E-state index contributed by atoms with van der Waals surface area (Å²) in [5.74, 6) is 2.46. The van der Waals surface area contributed by atoms with E-state index in [0.29, 0.717) is 11.1 Å². The molecule has 0 atom stereocenters. The van der Waals surface area contributed by atoms with Crippen molar-refractivity contribution in [3.8, 4) is 0 Å². The molecule has 4 heteroatoms. The summed E-state index contributed by atoms with van der Waals surface area (Å²) in [6.45, 7) is 6.30. The van der Waals surface area contributed by atoms with Gasteiger partial charge in [-0.3, -0.25) is 0 Å². The number of hydrogen-bond acceptors (Lipinski definition) is 3. The van der Waals surface area contributed by atoms with E-state index in [0.717, 1.165) is 31.2 Å². The Bertz CT molecular complexity index is 363. The third kappa shape index (κ3) is 2.64. The van der Waals surface area contributed by atoms with Gasteiger partial charge in [-0.05, 0) is 26.2 Å². The molecule has 1 aromatic heterocycles. The first kappa shape index (κ1) is 11.6. The van der Waals surface area contributed by atoms with Crippen molar-refractivity contribution in [2.24, 2.45) is 0 Å². The molecule has 0 aromatic carbocycles. The fraction of sp³-hybridized carbons (Fsp3) is 0.667. The van der Waals surface area contributed by atoms with Gasteiger partial charge in [0.2, 0.25) is 0 Å². The van der Waals surface area contributed by atoms with Gasteiger partial charge in [0.25, 0.3) is 0 Å². The third-order valence-electron chi connectivity index (χ3n) is 2.84. The van der Waals surface area contributed by atoms with E-state index in [1.54, 1.807) is 0 Å². The maximum Gasteiger partial charge on any atom is 0.135 e. The number of rotatable bonds is 5. The molecule has 2 rings (SSSR count). The van der Waals surface area contributed by atoms with Gasteiger partial charge in [0.05, 0.1) is 0 Å². The molecule has 1 aliphatic rings. The van der Waals surface area contributed by atoms with Gasteiger partial charge in [-0.2, -0.15) is 0 Å². The highest BCUT2D eigenvalue weighted by Gasteiger charge is 2.27. The summed E-state index contributed by atoms with van der Waals surface area (Å²) in [4.78, 5) is 11.2. The van der Waals surface area contributed by atoms with Crippen LogP contribution < -0.4 is 4.90 Å². The minimum Gasteiger partial charge on any atom is -0.357 e. The van der Waals surface area contributed by atoms with Crippen LogP contribution in [-0.2, 0) is 0 Å². The number of halogens is 1. The van der Waals surface area contributed by atoms with E-state index in [9.17, 15) is 0 Å². The summed E-state index contributed by atoms with van der Waals surface area (Å²) in [5.41, 5.74) is 0. The van der Waals surface area contributed by atoms with Crippen molar-refractivity contribution in [2.75, 3.05) is 18.0 Å². The summed E-state index contributed by atoms with van der Waals surface area (Å²) >= 11 is 6.05. The van der Waals surface area contributed by atoms with Gasteiger partial charge in [-0.1, -0.05) is 18.5 Å². The highest BCUT2D eigenvalue weighted by molar-refractivity contribution is 6.29. The zero-order valence-electron chi connectivity index (χ0n) is 9.91. The lowest BCUT2D eigenvalue weighted by molar-refractivity contribution is 0.767. The molecule has 0 amide bonds. The number of nitrogens with zero attached hydrogens (tertiary/aromatic N) is 3. The lowest BCUT2D eigenvalue weighted by Gasteiger charge is -2.21. The Morgan fingerprint density at radius 3 is 2.69 bits per heavy atom. The Morgan fingerprint density at radius 2 is 2.12 bits per heavy atom. The molecular weight excluding hydrogens is 222 g/mol. The molecule has 0 unspecified atom stereocenters. The van der Waals surface area contributed by atoms with E-state index < -0.39 is 0 Å². The van der Waals surface area contributed by atoms with Crippen molar-refractivity contribution >= 4 is 17.4 Å². The fourth-order valence-corrected chi connectivity index (χ4v) is 2.00. The predicted octanol–water partition coefficient (Wildman–Crippen LogP) is 3.24. The third-order valence-corrected chi connectivity index (χ3v) is 3.03. The highest BCUT2D eigenvalue weighted by atomic mass is 35.5. The Balaban J connectivity index is 2.24. The topological polar surface area (TPSA) is 29.0 Å². The Kier molecular flexibility index (Phi) is 3.64. The lowest BCUT2D eigenvalue weighted by Crippen LogP contribution is -2.25. The summed E-state index contributed by atoms with van der Waals surface area (Å²) in [6, 6.07) is 1.87. The smallest absolute Gasteiger partial charge is 0.135 e. The van der Waals surface area contributed by atoms with Crippen LogP contribution in [0, 0.1) is 0 Å². The molecule has 1 saturated carbocycles. The molecule has 0 N–H and O–H groups in total. The van der Waals surface area contributed by atoms with Crippen molar-refractivity contribution in [2.45, 2.75) is 39.0 Å². The molecule has 1 aliphatic carbocycles. The highest BCUT2D eigenvalue weighted by Crippen LogP contribution is 2.39. The summed E-state index contributed by atoms with van der Waals surface area (Å²) < 4.78 is 0. The van der Waals surface area contributed by atoms with Crippen molar-refractivity contribution in [1.82, 2.24) is 9.97 Å². The van der Waals surface area contributed by atoms with Gasteiger partial charge in [0, 0.05) is 25.1 Å². The van der Waals surface area contributed by atoms with Gasteiger partial charge in [-0.25, -0.2) is 9.97 Å². The van der Waals surface area contributed by atoms with Crippen molar-refractivity contribution < 1.29 is 0 Å². The SMILES string of the molecule is CCCN(CC)c1cc(Cl)nc(C2CC2)n1. The summed E-state index contributed by atoms with van der Waals surface area (Å²) in [6.07, 6.45) is 3.54. The molecule has 3 nitrogen and oxygen atoms in total. The van der Waals surface area contributed by atoms with Gasteiger partial charge in [0.15, 0.2) is 0 Å².